The highest BCUT2D eigenvalue weighted by Crippen LogP contribution is 2.21. The van der Waals surface area contributed by atoms with Gasteiger partial charge in [0.2, 0.25) is 5.91 Å². The third-order valence-electron chi connectivity index (χ3n) is 3.48. The molecule has 1 aliphatic heterocycles. The lowest BCUT2D eigenvalue weighted by Gasteiger charge is -2.33. The Morgan fingerprint density at radius 1 is 1.29 bits per heavy atom. The van der Waals surface area contributed by atoms with Crippen LogP contribution in [0.4, 0.5) is 0 Å². The van der Waals surface area contributed by atoms with Crippen LogP contribution in [0, 0.1) is 6.92 Å². The first kappa shape index (κ1) is 15.9. The van der Waals surface area contributed by atoms with Crippen LogP contribution in [0.15, 0.2) is 0 Å². The van der Waals surface area contributed by atoms with E-state index in [1.54, 1.807) is 13.8 Å². The highest BCUT2D eigenvalue weighted by atomic mass is 32.1. The molecule has 2 heterocycles. The first-order chi connectivity index (χ1) is 10.0. The number of hydrogen-bond acceptors (Lipinski definition) is 6. The van der Waals surface area contributed by atoms with Crippen molar-refractivity contribution in [3.63, 3.8) is 0 Å². The van der Waals surface area contributed by atoms with Crippen molar-refractivity contribution in [2.75, 3.05) is 32.8 Å². The standard InChI is InChI=1S/C14H21N3O3S/c1-4-20-14(19)13-10(2)15-12(21-13)9-16-5-7-17(8-6-16)11(3)18/h4-9H2,1-3H3. The molecule has 0 radical (unpaired) electrons. The van der Waals surface area contributed by atoms with Gasteiger partial charge in [-0.3, -0.25) is 9.69 Å². The molecule has 0 unspecified atom stereocenters. The smallest absolute Gasteiger partial charge is 0.350 e. The monoisotopic (exact) mass is 311 g/mol. The molecule has 0 saturated carbocycles. The lowest BCUT2D eigenvalue weighted by atomic mass is 10.3. The molecule has 7 heteroatoms. The fourth-order valence-corrected chi connectivity index (χ4v) is 3.32. The third kappa shape index (κ3) is 4.01. The first-order valence-corrected chi connectivity index (χ1v) is 7.94. The SMILES string of the molecule is CCOC(=O)c1sc(CN2CCN(C(C)=O)CC2)nc1C. The average Bonchev–Trinajstić information content (AvgIpc) is 2.80. The van der Waals surface area contributed by atoms with Crippen LogP contribution in [0.1, 0.15) is 34.2 Å². The number of nitrogens with zero attached hydrogens (tertiary/aromatic N) is 3. The fraction of sp³-hybridized carbons (Fsp3) is 0.643. The molecule has 0 aromatic carbocycles. The minimum absolute atomic E-state index is 0.129. The van der Waals surface area contributed by atoms with E-state index in [1.807, 2.05) is 11.8 Å². The normalized spacial score (nSPS) is 16.0. The minimum Gasteiger partial charge on any atom is -0.462 e. The number of esters is 1. The van der Waals surface area contributed by atoms with Gasteiger partial charge in [-0.2, -0.15) is 0 Å². The molecule has 0 atom stereocenters. The molecule has 0 spiro atoms. The van der Waals surface area contributed by atoms with E-state index in [9.17, 15) is 9.59 Å². The second kappa shape index (κ2) is 7.00. The molecule has 116 valence electrons. The Hall–Kier alpha value is -1.47. The molecule has 1 aromatic heterocycles. The summed E-state index contributed by atoms with van der Waals surface area (Å²) in [7, 11) is 0. The number of piperazine rings is 1. The summed E-state index contributed by atoms with van der Waals surface area (Å²) >= 11 is 1.40. The van der Waals surface area contributed by atoms with Gasteiger partial charge in [-0.15, -0.1) is 11.3 Å². The zero-order chi connectivity index (χ0) is 15.4. The lowest BCUT2D eigenvalue weighted by molar-refractivity contribution is -0.130. The summed E-state index contributed by atoms with van der Waals surface area (Å²) in [5.74, 6) is -0.163. The molecular formula is C14H21N3O3S. The second-order valence-corrected chi connectivity index (χ2v) is 6.11. The van der Waals surface area contributed by atoms with E-state index >= 15 is 0 Å². The van der Waals surface area contributed by atoms with Crippen LogP contribution >= 0.6 is 11.3 Å². The Balaban J connectivity index is 1.94. The zero-order valence-corrected chi connectivity index (χ0v) is 13.5. The Morgan fingerprint density at radius 2 is 1.95 bits per heavy atom. The van der Waals surface area contributed by atoms with Gasteiger partial charge in [0.25, 0.3) is 0 Å². The molecule has 1 aromatic rings. The van der Waals surface area contributed by atoms with Crippen molar-refractivity contribution in [1.82, 2.24) is 14.8 Å². The maximum Gasteiger partial charge on any atom is 0.350 e. The van der Waals surface area contributed by atoms with Gasteiger partial charge in [0.1, 0.15) is 9.88 Å². The lowest BCUT2D eigenvalue weighted by Crippen LogP contribution is -2.47. The number of rotatable bonds is 4. The van der Waals surface area contributed by atoms with Crippen molar-refractivity contribution in [2.45, 2.75) is 27.3 Å². The van der Waals surface area contributed by atoms with Gasteiger partial charge in [0.15, 0.2) is 0 Å². The van der Waals surface area contributed by atoms with Crippen LogP contribution in [0.25, 0.3) is 0 Å². The van der Waals surface area contributed by atoms with Crippen molar-refractivity contribution in [3.05, 3.63) is 15.6 Å². The van der Waals surface area contributed by atoms with Crippen LogP contribution in [0.5, 0.6) is 0 Å². The molecule has 1 fully saturated rings. The highest BCUT2D eigenvalue weighted by Gasteiger charge is 2.21. The number of carbonyl (C=O) groups is 2. The summed E-state index contributed by atoms with van der Waals surface area (Å²) < 4.78 is 5.03. The molecule has 0 bridgehead atoms. The van der Waals surface area contributed by atoms with Gasteiger partial charge < -0.3 is 9.64 Å². The molecule has 1 aliphatic rings. The summed E-state index contributed by atoms with van der Waals surface area (Å²) in [4.78, 5) is 32.2. The van der Waals surface area contributed by atoms with E-state index in [4.69, 9.17) is 4.74 Å². The number of ether oxygens (including phenoxy) is 1. The topological polar surface area (TPSA) is 62.7 Å². The van der Waals surface area contributed by atoms with Crippen molar-refractivity contribution in [3.8, 4) is 0 Å². The van der Waals surface area contributed by atoms with Gasteiger partial charge in [0, 0.05) is 33.1 Å². The second-order valence-electron chi connectivity index (χ2n) is 5.02. The number of amides is 1. The Labute approximate surface area is 128 Å². The Morgan fingerprint density at radius 3 is 2.52 bits per heavy atom. The summed E-state index contributed by atoms with van der Waals surface area (Å²) in [6.07, 6.45) is 0. The average molecular weight is 311 g/mol. The van der Waals surface area contributed by atoms with Crippen molar-refractivity contribution < 1.29 is 14.3 Å². The van der Waals surface area contributed by atoms with Crippen LogP contribution in [0.2, 0.25) is 0 Å². The van der Waals surface area contributed by atoms with Gasteiger partial charge in [-0.25, -0.2) is 9.78 Å². The van der Waals surface area contributed by atoms with Crippen LogP contribution in [-0.4, -0.2) is 59.4 Å². The van der Waals surface area contributed by atoms with Gasteiger partial charge in [-0.1, -0.05) is 0 Å². The number of aromatic nitrogens is 1. The summed E-state index contributed by atoms with van der Waals surface area (Å²) in [6.45, 7) is 9.51. The van der Waals surface area contributed by atoms with E-state index in [0.717, 1.165) is 43.4 Å². The predicted molar refractivity (Wildman–Crippen MR) is 80.3 cm³/mol. The largest absolute Gasteiger partial charge is 0.462 e. The molecule has 0 aliphatic carbocycles. The van der Waals surface area contributed by atoms with Crippen molar-refractivity contribution in [1.29, 1.82) is 0 Å². The quantitative estimate of drug-likeness (QED) is 0.784. The summed E-state index contributed by atoms with van der Waals surface area (Å²) in [6, 6.07) is 0. The number of carbonyl (C=O) groups excluding carboxylic acids is 2. The molecule has 6 nitrogen and oxygen atoms in total. The van der Waals surface area contributed by atoms with Gasteiger partial charge in [0.05, 0.1) is 18.8 Å². The Bertz CT molecular complexity index is 522. The fourth-order valence-electron chi connectivity index (χ4n) is 2.32. The minimum atomic E-state index is -0.292. The third-order valence-corrected chi connectivity index (χ3v) is 4.60. The maximum atomic E-state index is 11.8. The van der Waals surface area contributed by atoms with E-state index in [1.165, 1.54) is 11.3 Å². The van der Waals surface area contributed by atoms with Crippen molar-refractivity contribution >= 4 is 23.2 Å². The van der Waals surface area contributed by atoms with E-state index in [-0.39, 0.29) is 11.9 Å². The molecule has 0 N–H and O–H groups in total. The Kier molecular flexibility index (Phi) is 5.30. The van der Waals surface area contributed by atoms with Gasteiger partial charge in [-0.05, 0) is 13.8 Å². The first-order valence-electron chi connectivity index (χ1n) is 7.12. The zero-order valence-electron chi connectivity index (χ0n) is 12.7. The highest BCUT2D eigenvalue weighted by molar-refractivity contribution is 7.13. The van der Waals surface area contributed by atoms with Gasteiger partial charge >= 0.3 is 5.97 Å². The summed E-state index contributed by atoms with van der Waals surface area (Å²) in [5, 5.41) is 0.923. The van der Waals surface area contributed by atoms with Crippen LogP contribution in [0.3, 0.4) is 0 Å². The number of aryl methyl sites for hydroxylation is 1. The molecule has 1 saturated heterocycles. The molecule has 2 rings (SSSR count). The number of hydrogen-bond donors (Lipinski definition) is 0. The molecule has 21 heavy (non-hydrogen) atoms. The summed E-state index contributed by atoms with van der Waals surface area (Å²) in [5.41, 5.74) is 0.732. The molecule has 1 amide bonds. The van der Waals surface area contributed by atoms with E-state index in [0.29, 0.717) is 11.5 Å². The van der Waals surface area contributed by atoms with E-state index < -0.39 is 0 Å². The van der Waals surface area contributed by atoms with E-state index in [2.05, 4.69) is 9.88 Å². The van der Waals surface area contributed by atoms with Crippen molar-refractivity contribution in [2.24, 2.45) is 0 Å². The number of thiazole rings is 1. The van der Waals surface area contributed by atoms with Crippen LogP contribution in [-0.2, 0) is 16.1 Å². The van der Waals surface area contributed by atoms with Crippen LogP contribution < -0.4 is 0 Å². The maximum absolute atomic E-state index is 11.8. The molecular weight excluding hydrogens is 290 g/mol. The predicted octanol–water partition coefficient (Wildman–Crippen LogP) is 1.29.